The molecule has 9 heteroatoms. The lowest BCUT2D eigenvalue weighted by Gasteiger charge is -2.19. The van der Waals surface area contributed by atoms with Crippen LogP contribution < -0.4 is 15.6 Å². The molecule has 38 heavy (non-hydrogen) atoms. The van der Waals surface area contributed by atoms with Gasteiger partial charge in [0.1, 0.15) is 21.6 Å². The lowest BCUT2D eigenvalue weighted by atomic mass is 10.1. The molecule has 0 aliphatic rings. The number of thioether (sulfide) groups is 1. The van der Waals surface area contributed by atoms with Crippen LogP contribution in [0.4, 0.5) is 5.69 Å². The number of ether oxygens (including phenoxy) is 1. The molecule has 7 nitrogen and oxygen atoms in total. The number of allylic oxidation sites excluding steroid dienone is 1. The minimum Gasteiger partial charge on any atom is -0.492 e. The van der Waals surface area contributed by atoms with Crippen molar-refractivity contribution in [2.24, 2.45) is 0 Å². The molecule has 0 spiro atoms. The number of fused-ring (bicyclic) bond motifs is 1. The quantitative estimate of drug-likeness (QED) is 0.119. The summed E-state index contributed by atoms with van der Waals surface area (Å²) in [6.07, 6.45) is 3.22. The largest absolute Gasteiger partial charge is 0.492 e. The van der Waals surface area contributed by atoms with E-state index < -0.39 is 5.25 Å². The first-order chi connectivity index (χ1) is 18.6. The number of benzene rings is 2. The summed E-state index contributed by atoms with van der Waals surface area (Å²) in [4.78, 5) is 32.9. The van der Waals surface area contributed by atoms with Gasteiger partial charge >= 0.3 is 0 Å². The fraction of sp³-hybridized carbons (Fsp3) is 0.138. The number of furan rings is 1. The van der Waals surface area contributed by atoms with Gasteiger partial charge in [0.15, 0.2) is 5.16 Å². The molecule has 1 atom stereocenters. The minimum atomic E-state index is -0.684. The summed E-state index contributed by atoms with van der Waals surface area (Å²) < 4.78 is 12.8. The van der Waals surface area contributed by atoms with E-state index >= 15 is 0 Å². The number of rotatable bonds is 10. The maximum absolute atomic E-state index is 13.7. The van der Waals surface area contributed by atoms with E-state index in [-0.39, 0.29) is 18.0 Å². The number of carbonyl (C=O) groups is 1. The normalized spacial score (nSPS) is 11.8. The van der Waals surface area contributed by atoms with Crippen LogP contribution in [0.2, 0.25) is 0 Å². The number of thiophene rings is 1. The van der Waals surface area contributed by atoms with Crippen molar-refractivity contribution >= 4 is 44.9 Å². The predicted octanol–water partition coefficient (Wildman–Crippen LogP) is 6.77. The molecule has 0 aliphatic heterocycles. The summed E-state index contributed by atoms with van der Waals surface area (Å²) in [5, 5.41) is 5.11. The fourth-order valence-electron chi connectivity index (χ4n) is 4.05. The summed E-state index contributed by atoms with van der Waals surface area (Å²) in [5.41, 5.74) is 1.85. The fourth-order valence-corrected chi connectivity index (χ4v) is 6.13. The molecule has 0 aliphatic carbocycles. The van der Waals surface area contributed by atoms with Crippen molar-refractivity contribution in [2.45, 2.75) is 23.9 Å². The van der Waals surface area contributed by atoms with E-state index in [1.165, 1.54) is 23.1 Å². The van der Waals surface area contributed by atoms with Gasteiger partial charge in [0, 0.05) is 17.5 Å². The smallest absolute Gasteiger partial charge is 0.263 e. The first-order valence-electron chi connectivity index (χ1n) is 12.0. The molecule has 1 unspecified atom stereocenters. The third-order valence-corrected chi connectivity index (χ3v) is 7.88. The van der Waals surface area contributed by atoms with Crippen LogP contribution >= 0.6 is 23.1 Å². The van der Waals surface area contributed by atoms with Gasteiger partial charge < -0.3 is 14.5 Å². The summed E-state index contributed by atoms with van der Waals surface area (Å²) >= 11 is 2.59. The van der Waals surface area contributed by atoms with Crippen LogP contribution in [0.25, 0.3) is 21.5 Å². The van der Waals surface area contributed by atoms with Gasteiger partial charge in [-0.2, -0.15) is 0 Å². The summed E-state index contributed by atoms with van der Waals surface area (Å²) in [5.74, 6) is 0.942. The second kappa shape index (κ2) is 11.5. The van der Waals surface area contributed by atoms with E-state index in [0.717, 1.165) is 5.56 Å². The van der Waals surface area contributed by atoms with Gasteiger partial charge in [-0.15, -0.1) is 17.9 Å². The Morgan fingerprint density at radius 3 is 2.71 bits per heavy atom. The summed E-state index contributed by atoms with van der Waals surface area (Å²) in [7, 11) is 0. The zero-order chi connectivity index (χ0) is 26.5. The van der Waals surface area contributed by atoms with Gasteiger partial charge in [-0.1, -0.05) is 60.3 Å². The van der Waals surface area contributed by atoms with Crippen LogP contribution in [0.1, 0.15) is 17.7 Å². The molecule has 0 saturated heterocycles. The number of aromatic nitrogens is 2. The van der Waals surface area contributed by atoms with E-state index in [1.807, 2.05) is 66.9 Å². The van der Waals surface area contributed by atoms with Gasteiger partial charge in [-0.3, -0.25) is 14.2 Å². The maximum atomic E-state index is 13.7. The molecule has 3 heterocycles. The Bertz CT molecular complexity index is 1630. The van der Waals surface area contributed by atoms with Crippen molar-refractivity contribution in [3.63, 3.8) is 0 Å². The predicted molar refractivity (Wildman–Crippen MR) is 153 cm³/mol. The standard InChI is InChI=1S/C29H25N3O4S2/c1-3-16-32-28(34)24-20(22-15-10-17-36-22)18-37-27(24)31-29(32)38-25(19-11-6-5-7-12-19)26(33)30-21-13-8-9-14-23(21)35-4-2/h3,5-15,17-18,25H,1,4,16H2,2H3,(H,30,33). The van der Waals surface area contributed by atoms with Crippen LogP contribution in [0, 0.1) is 0 Å². The van der Waals surface area contributed by atoms with Crippen molar-refractivity contribution < 1.29 is 13.9 Å². The number of hydrogen-bond donors (Lipinski definition) is 1. The molecule has 3 aromatic heterocycles. The van der Waals surface area contributed by atoms with Crippen LogP contribution in [0.15, 0.2) is 105 Å². The molecular formula is C29H25N3O4S2. The second-order valence-electron chi connectivity index (χ2n) is 8.23. The molecular weight excluding hydrogens is 518 g/mol. The Labute approximate surface area is 227 Å². The first kappa shape index (κ1) is 25.6. The van der Waals surface area contributed by atoms with E-state index in [4.69, 9.17) is 14.1 Å². The third kappa shape index (κ3) is 5.16. The van der Waals surface area contributed by atoms with Gasteiger partial charge in [-0.25, -0.2) is 4.98 Å². The minimum absolute atomic E-state index is 0.209. The van der Waals surface area contributed by atoms with Gasteiger partial charge in [-0.05, 0) is 36.8 Å². The molecule has 2 aromatic carbocycles. The number of para-hydroxylation sites is 2. The monoisotopic (exact) mass is 543 g/mol. The van der Waals surface area contributed by atoms with Gasteiger partial charge in [0.2, 0.25) is 5.91 Å². The van der Waals surface area contributed by atoms with Crippen molar-refractivity contribution in [2.75, 3.05) is 11.9 Å². The highest BCUT2D eigenvalue weighted by Gasteiger charge is 2.27. The van der Waals surface area contributed by atoms with Gasteiger partial charge in [0.25, 0.3) is 5.56 Å². The van der Waals surface area contributed by atoms with Crippen molar-refractivity contribution in [1.29, 1.82) is 0 Å². The SMILES string of the molecule is C=CCn1c(SC(C(=O)Nc2ccccc2OCC)c2ccccc2)nc2scc(-c3ccco3)c2c1=O. The molecule has 0 fully saturated rings. The van der Waals surface area contributed by atoms with Crippen LogP contribution in [-0.2, 0) is 11.3 Å². The third-order valence-electron chi connectivity index (χ3n) is 5.77. The second-order valence-corrected chi connectivity index (χ2v) is 10.2. The number of anilines is 1. The Balaban J connectivity index is 1.57. The zero-order valence-electron chi connectivity index (χ0n) is 20.6. The lowest BCUT2D eigenvalue weighted by molar-refractivity contribution is -0.115. The Morgan fingerprint density at radius 1 is 1.18 bits per heavy atom. The molecule has 0 bridgehead atoms. The zero-order valence-corrected chi connectivity index (χ0v) is 22.3. The molecule has 5 rings (SSSR count). The summed E-state index contributed by atoms with van der Waals surface area (Å²) in [6.45, 7) is 6.44. The van der Waals surface area contributed by atoms with Gasteiger partial charge in [0.05, 0.1) is 23.9 Å². The molecule has 0 saturated carbocycles. The Hall–Kier alpha value is -4.08. The Kier molecular flexibility index (Phi) is 7.76. The Morgan fingerprint density at radius 2 is 1.97 bits per heavy atom. The van der Waals surface area contributed by atoms with Crippen molar-refractivity contribution in [3.05, 3.63) is 107 Å². The highest BCUT2D eigenvalue weighted by atomic mass is 32.2. The van der Waals surface area contributed by atoms with Crippen LogP contribution in [0.5, 0.6) is 5.75 Å². The van der Waals surface area contributed by atoms with Crippen molar-refractivity contribution in [1.82, 2.24) is 9.55 Å². The van der Waals surface area contributed by atoms with E-state index in [9.17, 15) is 9.59 Å². The van der Waals surface area contributed by atoms with Crippen LogP contribution in [0.3, 0.4) is 0 Å². The summed E-state index contributed by atoms with van der Waals surface area (Å²) in [6, 6.07) is 20.3. The molecule has 1 N–H and O–H groups in total. The van der Waals surface area contributed by atoms with Crippen LogP contribution in [-0.4, -0.2) is 22.1 Å². The number of hydrogen-bond acceptors (Lipinski definition) is 7. The van der Waals surface area contributed by atoms with E-state index in [2.05, 4.69) is 11.9 Å². The topological polar surface area (TPSA) is 86.4 Å². The number of nitrogens with zero attached hydrogens (tertiary/aromatic N) is 2. The van der Waals surface area contributed by atoms with E-state index in [1.54, 1.807) is 29.0 Å². The molecule has 192 valence electrons. The lowest BCUT2D eigenvalue weighted by Crippen LogP contribution is -2.25. The molecule has 1 amide bonds. The first-order valence-corrected chi connectivity index (χ1v) is 13.8. The number of carbonyl (C=O) groups excluding carboxylic acids is 1. The maximum Gasteiger partial charge on any atom is 0.263 e. The highest BCUT2D eigenvalue weighted by molar-refractivity contribution is 8.00. The average Bonchev–Trinajstić information content (AvgIpc) is 3.61. The number of amides is 1. The molecule has 5 aromatic rings. The van der Waals surface area contributed by atoms with Crippen molar-refractivity contribution in [3.8, 4) is 17.1 Å². The van der Waals surface area contributed by atoms with E-state index in [0.29, 0.717) is 44.7 Å². The highest BCUT2D eigenvalue weighted by Crippen LogP contribution is 2.38. The average molecular weight is 544 g/mol. The number of nitrogens with one attached hydrogen (secondary N) is 1. The molecule has 0 radical (unpaired) electrons.